The van der Waals surface area contributed by atoms with Gasteiger partial charge in [0.15, 0.2) is 14.3 Å². The van der Waals surface area contributed by atoms with Gasteiger partial charge in [-0.2, -0.15) is 5.10 Å². The number of H-pyrrole nitrogens is 1. The van der Waals surface area contributed by atoms with Crippen LogP contribution in [0.3, 0.4) is 0 Å². The van der Waals surface area contributed by atoms with Crippen molar-refractivity contribution in [1.29, 1.82) is 0 Å². The molecule has 3 rings (SSSR count). The van der Waals surface area contributed by atoms with Gasteiger partial charge in [0.2, 0.25) is 0 Å². The van der Waals surface area contributed by atoms with Crippen LogP contribution in [0.5, 0.6) is 5.75 Å². The van der Waals surface area contributed by atoms with Gasteiger partial charge in [0, 0.05) is 18.2 Å². The van der Waals surface area contributed by atoms with Crippen LogP contribution in [0.15, 0.2) is 27.9 Å². The molecule has 0 fully saturated rings. The van der Waals surface area contributed by atoms with Gasteiger partial charge >= 0.3 is 0 Å². The third-order valence-electron chi connectivity index (χ3n) is 4.05. The third-order valence-corrected chi connectivity index (χ3v) is 5.48. The van der Waals surface area contributed by atoms with Crippen molar-refractivity contribution in [3.05, 3.63) is 34.2 Å². The van der Waals surface area contributed by atoms with Crippen LogP contribution in [0.1, 0.15) is 26.0 Å². The molecule has 27 heavy (non-hydrogen) atoms. The van der Waals surface area contributed by atoms with E-state index >= 15 is 0 Å². The smallest absolute Gasteiger partial charge is 0.277 e. The summed E-state index contributed by atoms with van der Waals surface area (Å²) in [6.45, 7) is 4.22. The van der Waals surface area contributed by atoms with E-state index in [0.29, 0.717) is 35.4 Å². The molecule has 0 spiro atoms. The summed E-state index contributed by atoms with van der Waals surface area (Å²) >= 11 is 4.67. The number of benzene rings is 1. The maximum atomic E-state index is 12.6. The normalized spacial score (nSPS) is 13.6. The van der Waals surface area contributed by atoms with Crippen LogP contribution in [0, 0.1) is 0 Å². The number of rotatable bonds is 6. The highest BCUT2D eigenvalue weighted by molar-refractivity contribution is 8.29. The van der Waals surface area contributed by atoms with Gasteiger partial charge in [-0.1, -0.05) is 13.3 Å². The molecule has 10 heteroatoms. The van der Waals surface area contributed by atoms with Gasteiger partial charge in [0.1, 0.15) is 17.1 Å². The van der Waals surface area contributed by atoms with Gasteiger partial charge in [0.25, 0.3) is 5.56 Å². The minimum absolute atomic E-state index is 0.0543. The zero-order valence-electron chi connectivity index (χ0n) is 15.2. The molecule has 1 atom stereocenters. The second kappa shape index (κ2) is 7.37. The van der Waals surface area contributed by atoms with Crippen molar-refractivity contribution in [3.63, 3.8) is 0 Å². The van der Waals surface area contributed by atoms with Crippen LogP contribution in [0.25, 0.3) is 22.4 Å². The molecule has 1 unspecified atom stereocenters. The number of aromatic amines is 1. The molecule has 3 aromatic rings. The summed E-state index contributed by atoms with van der Waals surface area (Å²) in [7, 11) is -1.89. The molecular formula is C17H20N4O4S2. The molecule has 0 radical (unpaired) electrons. The lowest BCUT2D eigenvalue weighted by Crippen LogP contribution is -2.13. The molecular weight excluding hydrogens is 388 g/mol. The molecule has 0 aliphatic carbocycles. The Labute approximate surface area is 161 Å². The SMILES string of the molecule is CCCc1nn(C)c2c(=O)[nH]c(-c3cc(S(=O)(O)=S)ccc3OCC)nc12. The molecule has 0 saturated carbocycles. The summed E-state index contributed by atoms with van der Waals surface area (Å²) in [5, 5.41) is 4.39. The van der Waals surface area contributed by atoms with Crippen molar-refractivity contribution >= 4 is 31.0 Å². The number of hydrogen-bond acceptors (Lipinski definition) is 6. The highest BCUT2D eigenvalue weighted by atomic mass is 32.8. The summed E-state index contributed by atoms with van der Waals surface area (Å²) in [5.41, 5.74) is 1.67. The zero-order valence-corrected chi connectivity index (χ0v) is 16.8. The Balaban J connectivity index is 2.31. The number of ether oxygens (including phenoxy) is 1. The minimum Gasteiger partial charge on any atom is -0.493 e. The van der Waals surface area contributed by atoms with Crippen molar-refractivity contribution in [2.45, 2.75) is 31.6 Å². The Morgan fingerprint density at radius 2 is 2.11 bits per heavy atom. The second-order valence-corrected chi connectivity index (χ2v) is 8.78. The topological polar surface area (TPSA) is 110 Å². The van der Waals surface area contributed by atoms with Gasteiger partial charge in [-0.05, 0) is 31.5 Å². The molecule has 1 aromatic carbocycles. The number of aromatic nitrogens is 4. The first-order chi connectivity index (χ1) is 12.8. The van der Waals surface area contributed by atoms with E-state index in [2.05, 4.69) is 26.3 Å². The van der Waals surface area contributed by atoms with Crippen molar-refractivity contribution in [2.24, 2.45) is 7.05 Å². The van der Waals surface area contributed by atoms with Crippen LogP contribution < -0.4 is 10.3 Å². The molecule has 2 heterocycles. The van der Waals surface area contributed by atoms with E-state index in [-0.39, 0.29) is 16.3 Å². The Hall–Kier alpha value is -2.30. The lowest BCUT2D eigenvalue weighted by molar-refractivity contribution is 0.341. The largest absolute Gasteiger partial charge is 0.493 e. The predicted molar refractivity (Wildman–Crippen MR) is 106 cm³/mol. The maximum Gasteiger partial charge on any atom is 0.277 e. The fraction of sp³-hybridized carbons (Fsp3) is 0.353. The Kier molecular flexibility index (Phi) is 5.31. The van der Waals surface area contributed by atoms with E-state index in [4.69, 9.17) is 4.74 Å². The quantitative estimate of drug-likeness (QED) is 0.644. The lowest BCUT2D eigenvalue weighted by atomic mass is 10.1. The minimum atomic E-state index is -3.59. The molecule has 0 bridgehead atoms. The molecule has 144 valence electrons. The number of fused-ring (bicyclic) bond motifs is 1. The van der Waals surface area contributed by atoms with Crippen LogP contribution >= 0.6 is 0 Å². The fourth-order valence-corrected chi connectivity index (χ4v) is 3.73. The van der Waals surface area contributed by atoms with Crippen LogP contribution in [-0.4, -0.2) is 35.1 Å². The monoisotopic (exact) mass is 408 g/mol. The first kappa shape index (κ1) is 19.5. The first-order valence-corrected chi connectivity index (χ1v) is 10.9. The lowest BCUT2D eigenvalue weighted by Gasteiger charge is -2.11. The Morgan fingerprint density at radius 3 is 2.74 bits per heavy atom. The Bertz CT molecular complexity index is 1170. The van der Waals surface area contributed by atoms with Gasteiger partial charge in [-0.15, -0.1) is 0 Å². The predicted octanol–water partition coefficient (Wildman–Crippen LogP) is 2.25. The molecule has 0 amide bonds. The first-order valence-electron chi connectivity index (χ1n) is 8.46. The molecule has 2 N–H and O–H groups in total. The van der Waals surface area contributed by atoms with Crippen LogP contribution in [0.4, 0.5) is 0 Å². The highest BCUT2D eigenvalue weighted by Crippen LogP contribution is 2.31. The van der Waals surface area contributed by atoms with E-state index in [9.17, 15) is 13.6 Å². The van der Waals surface area contributed by atoms with E-state index in [1.807, 2.05) is 13.8 Å². The number of nitrogens with zero attached hydrogens (tertiary/aromatic N) is 3. The zero-order chi connectivity index (χ0) is 19.8. The van der Waals surface area contributed by atoms with Crippen molar-refractivity contribution < 1.29 is 13.5 Å². The van der Waals surface area contributed by atoms with E-state index in [0.717, 1.165) is 12.1 Å². The number of aryl methyl sites for hydroxylation is 2. The van der Waals surface area contributed by atoms with Gasteiger partial charge < -0.3 is 14.3 Å². The molecule has 0 aliphatic heterocycles. The fourth-order valence-electron chi connectivity index (χ4n) is 2.92. The van der Waals surface area contributed by atoms with E-state index in [1.165, 1.54) is 16.8 Å². The summed E-state index contributed by atoms with van der Waals surface area (Å²) in [6.07, 6.45) is 1.54. The average Bonchev–Trinajstić information content (AvgIpc) is 2.91. The Morgan fingerprint density at radius 1 is 1.37 bits per heavy atom. The average molecular weight is 409 g/mol. The maximum absolute atomic E-state index is 12.6. The second-order valence-electron chi connectivity index (χ2n) is 6.00. The van der Waals surface area contributed by atoms with E-state index in [1.54, 1.807) is 13.1 Å². The highest BCUT2D eigenvalue weighted by Gasteiger charge is 2.19. The molecule has 2 aromatic heterocycles. The molecule has 0 saturated heterocycles. The van der Waals surface area contributed by atoms with Crippen molar-refractivity contribution in [2.75, 3.05) is 6.61 Å². The summed E-state index contributed by atoms with van der Waals surface area (Å²) in [6, 6.07) is 4.42. The van der Waals surface area contributed by atoms with Crippen LogP contribution in [0.2, 0.25) is 0 Å². The van der Waals surface area contributed by atoms with E-state index < -0.39 is 8.77 Å². The number of nitrogens with one attached hydrogen (secondary N) is 1. The molecule has 8 nitrogen and oxygen atoms in total. The summed E-state index contributed by atoms with van der Waals surface area (Å²) < 4.78 is 28.7. The van der Waals surface area contributed by atoms with Crippen molar-refractivity contribution in [3.8, 4) is 17.1 Å². The standard InChI is InChI=1S/C17H20N4O4S2/c1-4-6-12-14-15(21(3)20-12)17(22)19-16(18-14)11-9-10(27(23,24)26)7-8-13(11)25-5-2/h7-9H,4-6H2,1-3H3,(H,18,19,22)(H,23,24,26). The number of hydrogen-bond donors (Lipinski definition) is 2. The summed E-state index contributed by atoms with van der Waals surface area (Å²) in [4.78, 5) is 20.0. The molecule has 0 aliphatic rings. The van der Waals surface area contributed by atoms with Crippen LogP contribution in [-0.2, 0) is 33.4 Å². The third kappa shape index (κ3) is 3.73. The summed E-state index contributed by atoms with van der Waals surface area (Å²) in [5.74, 6) is 0.671. The van der Waals surface area contributed by atoms with Gasteiger partial charge in [-0.3, -0.25) is 9.48 Å². The van der Waals surface area contributed by atoms with Gasteiger partial charge in [0.05, 0.1) is 22.8 Å². The van der Waals surface area contributed by atoms with Gasteiger partial charge in [-0.25, -0.2) is 9.19 Å². The van der Waals surface area contributed by atoms with Crippen molar-refractivity contribution in [1.82, 2.24) is 19.7 Å².